The fourth-order valence-electron chi connectivity index (χ4n) is 2.99. The van der Waals surface area contributed by atoms with E-state index in [4.69, 9.17) is 9.47 Å². The van der Waals surface area contributed by atoms with Gasteiger partial charge < -0.3 is 14.8 Å². The van der Waals surface area contributed by atoms with Gasteiger partial charge >= 0.3 is 5.97 Å². The molecular formula is C21H20BrF2N3O3. The van der Waals surface area contributed by atoms with Crippen molar-refractivity contribution in [3.8, 4) is 0 Å². The van der Waals surface area contributed by atoms with Gasteiger partial charge in [-0.05, 0) is 43.7 Å². The second kappa shape index (κ2) is 9.90. The lowest BCUT2D eigenvalue weighted by Crippen LogP contribution is -2.36. The first-order valence-electron chi connectivity index (χ1n) is 9.34. The van der Waals surface area contributed by atoms with E-state index < -0.39 is 23.6 Å². The van der Waals surface area contributed by atoms with Crippen LogP contribution in [-0.2, 0) is 14.3 Å². The van der Waals surface area contributed by atoms with Crippen LogP contribution < -0.4 is 5.32 Å². The minimum Gasteiger partial charge on any atom is -0.463 e. The van der Waals surface area contributed by atoms with Crippen molar-refractivity contribution in [3.63, 3.8) is 0 Å². The average molecular weight is 480 g/mol. The normalized spacial score (nSPS) is 16.2. The number of carbonyl (C=O) groups is 1. The Morgan fingerprint density at radius 1 is 1.23 bits per heavy atom. The van der Waals surface area contributed by atoms with E-state index in [2.05, 4.69) is 31.2 Å². The summed E-state index contributed by atoms with van der Waals surface area (Å²) < 4.78 is 39.2. The Morgan fingerprint density at radius 2 is 2.03 bits per heavy atom. The van der Waals surface area contributed by atoms with Gasteiger partial charge in [-0.25, -0.2) is 18.6 Å². The van der Waals surface area contributed by atoms with Crippen molar-refractivity contribution >= 4 is 27.7 Å². The van der Waals surface area contributed by atoms with E-state index in [1.54, 1.807) is 6.92 Å². The highest BCUT2D eigenvalue weighted by atomic mass is 79.9. The summed E-state index contributed by atoms with van der Waals surface area (Å²) in [7, 11) is 0. The smallest absolute Gasteiger partial charge is 0.338 e. The summed E-state index contributed by atoms with van der Waals surface area (Å²) in [5, 5.41) is 2.98. The van der Waals surface area contributed by atoms with Crippen molar-refractivity contribution in [1.29, 1.82) is 0 Å². The quantitative estimate of drug-likeness (QED) is 0.606. The Labute approximate surface area is 181 Å². The topological polar surface area (TPSA) is 72.8 Å². The van der Waals surface area contributed by atoms with Gasteiger partial charge in [0.05, 0.1) is 24.5 Å². The fraction of sp³-hybridized carbons (Fsp3) is 0.286. The van der Waals surface area contributed by atoms with E-state index in [9.17, 15) is 13.6 Å². The van der Waals surface area contributed by atoms with E-state index >= 15 is 0 Å². The zero-order valence-corrected chi connectivity index (χ0v) is 18.0. The Bertz CT molecular complexity index is 1010. The van der Waals surface area contributed by atoms with Crippen molar-refractivity contribution in [3.05, 3.63) is 75.2 Å². The third kappa shape index (κ3) is 4.73. The number of rotatable bonds is 7. The second-order valence-electron chi connectivity index (χ2n) is 6.25. The van der Waals surface area contributed by atoms with Crippen LogP contribution >= 0.6 is 15.9 Å². The van der Waals surface area contributed by atoms with E-state index in [1.807, 2.05) is 6.92 Å². The van der Waals surface area contributed by atoms with E-state index in [-0.39, 0.29) is 30.3 Å². The number of amidine groups is 1. The molecule has 1 aromatic heterocycles. The minimum absolute atomic E-state index is 0.00218. The highest BCUT2D eigenvalue weighted by molar-refractivity contribution is 9.10. The van der Waals surface area contributed by atoms with Crippen molar-refractivity contribution in [2.75, 3.05) is 19.8 Å². The lowest BCUT2D eigenvalue weighted by atomic mass is 9.95. The van der Waals surface area contributed by atoms with Gasteiger partial charge in [-0.1, -0.05) is 22.0 Å². The first-order chi connectivity index (χ1) is 14.5. The van der Waals surface area contributed by atoms with Gasteiger partial charge in [0.15, 0.2) is 11.7 Å². The average Bonchev–Trinajstić information content (AvgIpc) is 2.72. The Balaban J connectivity index is 2.19. The molecule has 0 radical (unpaired) electrons. The molecule has 30 heavy (non-hydrogen) atoms. The number of benzene rings is 1. The first kappa shape index (κ1) is 22.0. The van der Waals surface area contributed by atoms with Crippen molar-refractivity contribution in [2.24, 2.45) is 4.99 Å². The van der Waals surface area contributed by atoms with Gasteiger partial charge in [0.1, 0.15) is 17.6 Å². The van der Waals surface area contributed by atoms with Crippen LogP contribution in [0.15, 0.2) is 57.3 Å². The molecule has 0 amide bonds. The first-order valence-corrected chi connectivity index (χ1v) is 10.1. The SMILES string of the molecule is CCOCC1=C(C(=O)OCC)C(c2ccc(F)cc2Br)N=C(c2ncccc2F)N1. The highest BCUT2D eigenvalue weighted by Crippen LogP contribution is 2.36. The molecule has 6 nitrogen and oxygen atoms in total. The summed E-state index contributed by atoms with van der Waals surface area (Å²) in [5.74, 6) is -1.48. The molecule has 0 aliphatic carbocycles. The van der Waals surface area contributed by atoms with E-state index in [0.29, 0.717) is 22.3 Å². The third-order valence-electron chi connectivity index (χ3n) is 4.31. The van der Waals surface area contributed by atoms with Crippen LogP contribution in [0.2, 0.25) is 0 Å². The van der Waals surface area contributed by atoms with Crippen LogP contribution in [0, 0.1) is 11.6 Å². The monoisotopic (exact) mass is 479 g/mol. The third-order valence-corrected chi connectivity index (χ3v) is 5.00. The molecule has 0 spiro atoms. The summed E-state index contributed by atoms with van der Waals surface area (Å²) in [6.45, 7) is 4.11. The number of nitrogens with zero attached hydrogens (tertiary/aromatic N) is 2. The maximum absolute atomic E-state index is 14.4. The molecule has 1 aromatic carbocycles. The van der Waals surface area contributed by atoms with Crippen molar-refractivity contribution in [1.82, 2.24) is 10.3 Å². The van der Waals surface area contributed by atoms with Crippen molar-refractivity contribution < 1.29 is 23.0 Å². The summed E-state index contributed by atoms with van der Waals surface area (Å²) in [6, 6.07) is 5.91. The van der Waals surface area contributed by atoms with Crippen molar-refractivity contribution in [2.45, 2.75) is 19.9 Å². The lowest BCUT2D eigenvalue weighted by molar-refractivity contribution is -0.139. The van der Waals surface area contributed by atoms with Crippen LogP contribution in [0.5, 0.6) is 0 Å². The predicted molar refractivity (Wildman–Crippen MR) is 111 cm³/mol. The van der Waals surface area contributed by atoms with Gasteiger partial charge in [-0.2, -0.15) is 0 Å². The summed E-state index contributed by atoms with van der Waals surface area (Å²) in [5.41, 5.74) is 1.10. The zero-order valence-electron chi connectivity index (χ0n) is 16.4. The maximum Gasteiger partial charge on any atom is 0.338 e. The second-order valence-corrected chi connectivity index (χ2v) is 7.11. The van der Waals surface area contributed by atoms with Crippen LogP contribution in [0.4, 0.5) is 8.78 Å². The predicted octanol–water partition coefficient (Wildman–Crippen LogP) is 4.07. The zero-order chi connectivity index (χ0) is 21.7. The number of ether oxygens (including phenoxy) is 2. The van der Waals surface area contributed by atoms with E-state index in [0.717, 1.165) is 0 Å². The fourth-order valence-corrected chi connectivity index (χ4v) is 3.56. The molecule has 1 aliphatic heterocycles. The van der Waals surface area contributed by atoms with Gasteiger partial charge in [-0.15, -0.1) is 0 Å². The molecule has 1 unspecified atom stereocenters. The van der Waals surface area contributed by atoms with Crippen LogP contribution in [0.25, 0.3) is 0 Å². The Morgan fingerprint density at radius 3 is 2.70 bits per heavy atom. The largest absolute Gasteiger partial charge is 0.463 e. The standard InChI is InChI=1S/C21H20BrF2N3O3/c1-3-29-11-16-17(21(28)30-4-2)18(13-8-7-12(23)10-14(13)22)27-20(26-16)19-15(24)6-5-9-25-19/h5-10,18H,3-4,11H2,1-2H3,(H,26,27). The molecule has 0 fully saturated rings. The van der Waals surface area contributed by atoms with Crippen LogP contribution in [-0.4, -0.2) is 36.6 Å². The molecule has 2 aromatic rings. The maximum atomic E-state index is 14.4. The summed E-state index contributed by atoms with van der Waals surface area (Å²) >= 11 is 3.34. The number of pyridine rings is 1. The Kier molecular flexibility index (Phi) is 7.28. The van der Waals surface area contributed by atoms with Gasteiger partial charge in [0.25, 0.3) is 0 Å². The number of aliphatic imine (C=N–C) groups is 1. The van der Waals surface area contributed by atoms with Gasteiger partial charge in [0, 0.05) is 17.3 Å². The van der Waals surface area contributed by atoms with E-state index in [1.165, 1.54) is 36.5 Å². The molecule has 1 N–H and O–H groups in total. The molecule has 1 aliphatic rings. The molecule has 0 saturated heterocycles. The molecule has 0 saturated carbocycles. The number of hydrogen-bond acceptors (Lipinski definition) is 6. The molecule has 9 heteroatoms. The number of aromatic nitrogens is 1. The summed E-state index contributed by atoms with van der Waals surface area (Å²) in [6.07, 6.45) is 1.44. The molecular weight excluding hydrogens is 460 g/mol. The van der Waals surface area contributed by atoms with Gasteiger partial charge in [-0.3, -0.25) is 4.99 Å². The minimum atomic E-state index is -0.882. The number of hydrogen-bond donors (Lipinski definition) is 1. The number of nitrogens with one attached hydrogen (secondary N) is 1. The molecule has 158 valence electrons. The van der Waals surface area contributed by atoms with Crippen LogP contribution in [0.3, 0.4) is 0 Å². The number of esters is 1. The molecule has 0 bridgehead atoms. The molecule has 3 rings (SSSR count). The van der Waals surface area contributed by atoms with Gasteiger partial charge in [0.2, 0.25) is 0 Å². The number of carbonyl (C=O) groups excluding carboxylic acids is 1. The molecule has 1 atom stereocenters. The van der Waals surface area contributed by atoms with Crippen LogP contribution in [0.1, 0.15) is 31.1 Å². The summed E-state index contributed by atoms with van der Waals surface area (Å²) in [4.78, 5) is 21.4. The highest BCUT2D eigenvalue weighted by Gasteiger charge is 2.34. The number of halogens is 3. The molecule has 2 heterocycles. The Hall–Kier alpha value is -2.65. The lowest BCUT2D eigenvalue weighted by Gasteiger charge is -2.28.